The largest absolute Gasteiger partial charge is 0.497 e. The maximum Gasteiger partial charge on any atom is 0.354 e. The number of carbonyl (C=O) groups is 2. The summed E-state index contributed by atoms with van der Waals surface area (Å²) in [6.07, 6.45) is 1.14. The van der Waals surface area contributed by atoms with Gasteiger partial charge in [0.05, 0.1) is 14.2 Å². The number of methoxy groups -OCH3 is 2. The number of Topliss-reactive ketones (excluding diaryl/α,β-unsaturated/α-hetero) is 1. The van der Waals surface area contributed by atoms with Crippen molar-refractivity contribution >= 4 is 11.8 Å². The van der Waals surface area contributed by atoms with Gasteiger partial charge in [0.15, 0.2) is 5.78 Å². The van der Waals surface area contributed by atoms with Gasteiger partial charge in [-0.25, -0.2) is 4.79 Å². The van der Waals surface area contributed by atoms with Gasteiger partial charge < -0.3 is 14.5 Å². The van der Waals surface area contributed by atoms with Crippen LogP contribution < -0.4 is 4.74 Å². The van der Waals surface area contributed by atoms with Crippen LogP contribution in [0.3, 0.4) is 0 Å². The van der Waals surface area contributed by atoms with E-state index in [1.165, 1.54) is 7.11 Å². The highest BCUT2D eigenvalue weighted by Crippen LogP contribution is 2.35. The summed E-state index contributed by atoms with van der Waals surface area (Å²) in [5.74, 6) is 0.520. The summed E-state index contributed by atoms with van der Waals surface area (Å²) in [6, 6.07) is 7.77. The van der Waals surface area contributed by atoms with Crippen molar-refractivity contribution < 1.29 is 19.1 Å². The molecule has 1 aromatic carbocycles. The van der Waals surface area contributed by atoms with Crippen LogP contribution in [-0.4, -0.2) is 31.0 Å². The Labute approximate surface area is 134 Å². The summed E-state index contributed by atoms with van der Waals surface area (Å²) in [5, 5.41) is 0. The number of aromatic nitrogens is 1. The highest BCUT2D eigenvalue weighted by molar-refractivity contribution is 6.03. The van der Waals surface area contributed by atoms with Crippen LogP contribution in [0.15, 0.2) is 24.3 Å². The predicted molar refractivity (Wildman–Crippen MR) is 85.3 cm³/mol. The molecule has 0 aliphatic heterocycles. The second kappa shape index (κ2) is 5.91. The van der Waals surface area contributed by atoms with Crippen molar-refractivity contribution in [3.8, 4) is 5.75 Å². The average Bonchev–Trinajstić information content (AvgIpc) is 2.91. The van der Waals surface area contributed by atoms with Crippen LogP contribution in [0.5, 0.6) is 5.75 Å². The number of nitrogens with one attached hydrogen (secondary N) is 1. The standard InChI is InChI=1S/C18H19NO4/c1-10-16-14(19-17(10)18(21)23-3)8-12(9-15(16)20)11-4-6-13(22-2)7-5-11/h4-7,12,19H,8-9H2,1-3H3/t12-/m0/s1. The minimum Gasteiger partial charge on any atom is -0.497 e. The Morgan fingerprint density at radius 3 is 2.48 bits per heavy atom. The lowest BCUT2D eigenvalue weighted by atomic mass is 9.81. The third-order valence-electron chi connectivity index (χ3n) is 4.47. The zero-order chi connectivity index (χ0) is 16.6. The van der Waals surface area contributed by atoms with Crippen LogP contribution in [-0.2, 0) is 11.2 Å². The lowest BCUT2D eigenvalue weighted by Crippen LogP contribution is -2.18. The van der Waals surface area contributed by atoms with E-state index in [0.717, 1.165) is 17.0 Å². The molecule has 0 saturated heterocycles. The van der Waals surface area contributed by atoms with Gasteiger partial charge in [-0.15, -0.1) is 0 Å². The van der Waals surface area contributed by atoms with Crippen LogP contribution in [0.2, 0.25) is 0 Å². The lowest BCUT2D eigenvalue weighted by Gasteiger charge is -2.22. The van der Waals surface area contributed by atoms with Crippen molar-refractivity contribution in [2.24, 2.45) is 0 Å². The molecule has 1 aromatic heterocycles. The van der Waals surface area contributed by atoms with Crippen molar-refractivity contribution in [1.82, 2.24) is 4.98 Å². The molecule has 1 atom stereocenters. The van der Waals surface area contributed by atoms with Gasteiger partial charge in [0.25, 0.3) is 0 Å². The number of H-pyrrole nitrogens is 1. The third kappa shape index (κ3) is 2.63. The zero-order valence-electron chi connectivity index (χ0n) is 13.4. The topological polar surface area (TPSA) is 68.4 Å². The molecule has 0 saturated carbocycles. The zero-order valence-corrected chi connectivity index (χ0v) is 13.4. The van der Waals surface area contributed by atoms with E-state index in [-0.39, 0.29) is 11.7 Å². The Balaban J connectivity index is 1.93. The number of aromatic amines is 1. The van der Waals surface area contributed by atoms with Crippen molar-refractivity contribution in [2.75, 3.05) is 14.2 Å². The number of benzene rings is 1. The van der Waals surface area contributed by atoms with Gasteiger partial charge in [-0.2, -0.15) is 0 Å². The average molecular weight is 313 g/mol. The summed E-state index contributed by atoms with van der Waals surface area (Å²) < 4.78 is 9.94. The lowest BCUT2D eigenvalue weighted by molar-refractivity contribution is 0.0593. The van der Waals surface area contributed by atoms with E-state index in [1.807, 2.05) is 24.3 Å². The molecule has 3 rings (SSSR count). The fourth-order valence-electron chi connectivity index (χ4n) is 3.25. The third-order valence-corrected chi connectivity index (χ3v) is 4.47. The Morgan fingerprint density at radius 1 is 1.17 bits per heavy atom. The fourth-order valence-corrected chi connectivity index (χ4v) is 3.25. The first kappa shape index (κ1) is 15.3. The van der Waals surface area contributed by atoms with Crippen molar-refractivity contribution in [3.05, 3.63) is 52.3 Å². The second-order valence-electron chi connectivity index (χ2n) is 5.77. The van der Waals surface area contributed by atoms with Crippen molar-refractivity contribution in [3.63, 3.8) is 0 Å². The van der Waals surface area contributed by atoms with E-state index < -0.39 is 5.97 Å². The van der Waals surface area contributed by atoms with E-state index in [2.05, 4.69) is 4.98 Å². The number of carbonyl (C=O) groups excluding carboxylic acids is 2. The molecule has 0 fully saturated rings. The first-order valence-corrected chi connectivity index (χ1v) is 7.52. The van der Waals surface area contributed by atoms with Crippen LogP contribution in [0, 0.1) is 6.92 Å². The minimum atomic E-state index is -0.439. The van der Waals surface area contributed by atoms with E-state index in [9.17, 15) is 9.59 Å². The number of ketones is 1. The molecular weight excluding hydrogens is 294 g/mol. The molecule has 23 heavy (non-hydrogen) atoms. The molecule has 0 spiro atoms. The van der Waals surface area contributed by atoms with Gasteiger partial charge in [-0.05, 0) is 42.5 Å². The molecule has 2 aromatic rings. The molecule has 1 heterocycles. The summed E-state index contributed by atoms with van der Waals surface area (Å²) in [5.41, 5.74) is 3.62. The number of hydrogen-bond acceptors (Lipinski definition) is 4. The Kier molecular flexibility index (Phi) is 3.94. The number of hydrogen-bond donors (Lipinski definition) is 1. The molecule has 120 valence electrons. The summed E-state index contributed by atoms with van der Waals surface area (Å²) in [6.45, 7) is 1.78. The molecule has 5 nitrogen and oxygen atoms in total. The van der Waals surface area contributed by atoms with E-state index in [4.69, 9.17) is 9.47 Å². The van der Waals surface area contributed by atoms with Crippen LogP contribution >= 0.6 is 0 Å². The molecule has 0 unspecified atom stereocenters. The quantitative estimate of drug-likeness (QED) is 0.884. The Morgan fingerprint density at radius 2 is 1.87 bits per heavy atom. The molecule has 1 N–H and O–H groups in total. The maximum atomic E-state index is 12.5. The van der Waals surface area contributed by atoms with Gasteiger partial charge in [0.2, 0.25) is 0 Å². The molecule has 1 aliphatic rings. The predicted octanol–water partition coefficient (Wildman–Crippen LogP) is 3.03. The number of ether oxygens (including phenoxy) is 2. The van der Waals surface area contributed by atoms with Crippen LogP contribution in [0.4, 0.5) is 0 Å². The molecule has 5 heteroatoms. The second-order valence-corrected chi connectivity index (χ2v) is 5.77. The van der Waals surface area contributed by atoms with Crippen molar-refractivity contribution in [2.45, 2.75) is 25.7 Å². The summed E-state index contributed by atoms with van der Waals surface area (Å²) in [4.78, 5) is 27.4. The molecular formula is C18H19NO4. The number of esters is 1. The number of fused-ring (bicyclic) bond motifs is 1. The SMILES string of the molecule is COC(=O)c1[nH]c2c(c1C)C(=O)C[C@@H](c1ccc(OC)cc1)C2. The number of rotatable bonds is 3. The van der Waals surface area contributed by atoms with E-state index in [1.54, 1.807) is 14.0 Å². The molecule has 0 amide bonds. The maximum absolute atomic E-state index is 12.5. The minimum absolute atomic E-state index is 0.0657. The summed E-state index contributed by atoms with van der Waals surface area (Å²) >= 11 is 0. The van der Waals surface area contributed by atoms with E-state index >= 15 is 0 Å². The normalized spacial score (nSPS) is 16.8. The van der Waals surface area contributed by atoms with Gasteiger partial charge in [-0.1, -0.05) is 12.1 Å². The molecule has 0 bridgehead atoms. The summed E-state index contributed by atoms with van der Waals surface area (Å²) in [7, 11) is 2.96. The van der Waals surface area contributed by atoms with Crippen LogP contribution in [0.25, 0.3) is 0 Å². The van der Waals surface area contributed by atoms with Gasteiger partial charge in [-0.3, -0.25) is 4.79 Å². The van der Waals surface area contributed by atoms with Gasteiger partial charge in [0.1, 0.15) is 11.4 Å². The van der Waals surface area contributed by atoms with Gasteiger partial charge in [0, 0.05) is 17.7 Å². The molecule has 0 radical (unpaired) electrons. The molecule has 1 aliphatic carbocycles. The Hall–Kier alpha value is -2.56. The van der Waals surface area contributed by atoms with Gasteiger partial charge >= 0.3 is 5.97 Å². The first-order chi connectivity index (χ1) is 11.0. The van der Waals surface area contributed by atoms with Crippen molar-refractivity contribution in [1.29, 1.82) is 0 Å². The van der Waals surface area contributed by atoms with E-state index in [0.29, 0.717) is 29.7 Å². The monoisotopic (exact) mass is 313 g/mol. The first-order valence-electron chi connectivity index (χ1n) is 7.52. The van der Waals surface area contributed by atoms with Crippen LogP contribution in [0.1, 0.15) is 50.0 Å². The highest BCUT2D eigenvalue weighted by Gasteiger charge is 2.32. The smallest absolute Gasteiger partial charge is 0.354 e. The Bertz CT molecular complexity index is 758. The highest BCUT2D eigenvalue weighted by atomic mass is 16.5. The fraction of sp³-hybridized carbons (Fsp3) is 0.333.